The molecule has 1 aliphatic rings. The van der Waals surface area contributed by atoms with Gasteiger partial charge in [-0.15, -0.1) is 0 Å². The average Bonchev–Trinajstić information content (AvgIpc) is 2.54. The number of rotatable bonds is 4. The Morgan fingerprint density at radius 2 is 1.95 bits per heavy atom. The maximum atomic E-state index is 11.9. The number of aliphatic hydroxyl groups is 1. The lowest BCUT2D eigenvalue weighted by molar-refractivity contribution is 0.00714. The van der Waals surface area contributed by atoms with Crippen molar-refractivity contribution in [2.45, 2.75) is 50.7 Å². The molecule has 0 radical (unpaired) electrons. The molecule has 0 heterocycles. The van der Waals surface area contributed by atoms with Crippen molar-refractivity contribution in [3.63, 3.8) is 0 Å². The monoisotopic (exact) mass is 301 g/mol. The van der Waals surface area contributed by atoms with E-state index in [-0.39, 0.29) is 12.1 Å². The molecule has 0 aromatic heterocycles. The van der Waals surface area contributed by atoms with E-state index in [4.69, 9.17) is 5.26 Å². The van der Waals surface area contributed by atoms with Crippen molar-refractivity contribution in [3.8, 4) is 6.07 Å². The van der Waals surface area contributed by atoms with Gasteiger partial charge in [-0.25, -0.2) is 4.79 Å². The Labute approximate surface area is 131 Å². The molecular weight excluding hydrogens is 278 g/mol. The van der Waals surface area contributed by atoms with E-state index in [0.717, 1.165) is 37.7 Å². The van der Waals surface area contributed by atoms with Gasteiger partial charge in [0.2, 0.25) is 0 Å². The van der Waals surface area contributed by atoms with Gasteiger partial charge in [0, 0.05) is 6.54 Å². The highest BCUT2D eigenvalue weighted by atomic mass is 16.3. The normalized spacial score (nSPS) is 18.0. The minimum Gasteiger partial charge on any atom is -0.388 e. The van der Waals surface area contributed by atoms with E-state index in [1.807, 2.05) is 19.1 Å². The molecule has 1 aromatic rings. The molecular formula is C17H23N3O2. The number of hydrogen-bond acceptors (Lipinski definition) is 3. The van der Waals surface area contributed by atoms with Gasteiger partial charge in [0.1, 0.15) is 0 Å². The Morgan fingerprint density at radius 3 is 2.55 bits per heavy atom. The first-order valence-corrected chi connectivity index (χ1v) is 7.79. The molecule has 0 aliphatic heterocycles. The summed E-state index contributed by atoms with van der Waals surface area (Å²) in [6.45, 7) is 2.18. The van der Waals surface area contributed by atoms with Gasteiger partial charge in [-0.3, -0.25) is 0 Å². The SMILES string of the molecule is CC(NC(=O)NCC1(O)CCCCC1)c1ccc(C#N)cc1. The molecule has 22 heavy (non-hydrogen) atoms. The number of benzene rings is 1. The van der Waals surface area contributed by atoms with Crippen molar-refractivity contribution in [2.75, 3.05) is 6.54 Å². The van der Waals surface area contributed by atoms with Gasteiger partial charge in [-0.2, -0.15) is 5.26 Å². The molecule has 1 unspecified atom stereocenters. The average molecular weight is 301 g/mol. The molecule has 1 saturated carbocycles. The molecule has 1 fully saturated rings. The van der Waals surface area contributed by atoms with Gasteiger partial charge >= 0.3 is 6.03 Å². The second-order valence-electron chi connectivity index (χ2n) is 6.07. The zero-order valence-electron chi connectivity index (χ0n) is 12.9. The summed E-state index contributed by atoms with van der Waals surface area (Å²) in [5.74, 6) is 0. The first-order valence-electron chi connectivity index (χ1n) is 7.79. The lowest BCUT2D eigenvalue weighted by Gasteiger charge is -2.32. The zero-order valence-corrected chi connectivity index (χ0v) is 12.9. The molecule has 0 spiro atoms. The van der Waals surface area contributed by atoms with Crippen LogP contribution >= 0.6 is 0 Å². The van der Waals surface area contributed by atoms with Crippen LogP contribution in [0.3, 0.4) is 0 Å². The maximum absolute atomic E-state index is 11.9. The number of carbonyl (C=O) groups excluding carboxylic acids is 1. The minimum absolute atomic E-state index is 0.159. The van der Waals surface area contributed by atoms with E-state index < -0.39 is 5.60 Å². The fourth-order valence-corrected chi connectivity index (χ4v) is 2.81. The van der Waals surface area contributed by atoms with Gasteiger partial charge in [0.05, 0.1) is 23.3 Å². The molecule has 0 bridgehead atoms. The van der Waals surface area contributed by atoms with Crippen molar-refractivity contribution in [2.24, 2.45) is 0 Å². The molecule has 3 N–H and O–H groups in total. The predicted octanol–water partition coefficient (Wildman–Crippen LogP) is 2.61. The number of carbonyl (C=O) groups is 1. The quantitative estimate of drug-likeness (QED) is 0.799. The lowest BCUT2D eigenvalue weighted by atomic mass is 9.85. The summed E-state index contributed by atoms with van der Waals surface area (Å²) >= 11 is 0. The second-order valence-corrected chi connectivity index (χ2v) is 6.07. The van der Waals surface area contributed by atoms with Crippen LogP contribution in [-0.2, 0) is 0 Å². The summed E-state index contributed by atoms with van der Waals surface area (Å²) in [4.78, 5) is 11.9. The van der Waals surface area contributed by atoms with Crippen LogP contribution in [0.15, 0.2) is 24.3 Å². The van der Waals surface area contributed by atoms with E-state index in [1.54, 1.807) is 12.1 Å². The van der Waals surface area contributed by atoms with E-state index in [9.17, 15) is 9.90 Å². The van der Waals surface area contributed by atoms with Gasteiger partial charge in [0.15, 0.2) is 0 Å². The number of urea groups is 1. The fraction of sp³-hybridized carbons (Fsp3) is 0.529. The molecule has 0 saturated heterocycles. The van der Waals surface area contributed by atoms with Gasteiger partial charge in [-0.05, 0) is 37.5 Å². The van der Waals surface area contributed by atoms with E-state index in [2.05, 4.69) is 16.7 Å². The van der Waals surface area contributed by atoms with Gasteiger partial charge in [0.25, 0.3) is 0 Å². The van der Waals surface area contributed by atoms with Crippen LogP contribution in [0, 0.1) is 11.3 Å². The van der Waals surface area contributed by atoms with E-state index in [1.165, 1.54) is 0 Å². The third-order valence-corrected chi connectivity index (χ3v) is 4.25. The zero-order chi connectivity index (χ0) is 16.0. The molecule has 118 valence electrons. The highest BCUT2D eigenvalue weighted by Crippen LogP contribution is 2.27. The Balaban J connectivity index is 1.81. The van der Waals surface area contributed by atoms with E-state index in [0.29, 0.717) is 12.1 Å². The van der Waals surface area contributed by atoms with Crippen LogP contribution in [0.25, 0.3) is 0 Å². The first kappa shape index (κ1) is 16.3. The Bertz CT molecular complexity index is 542. The Hall–Kier alpha value is -2.06. The van der Waals surface area contributed by atoms with E-state index >= 15 is 0 Å². The fourth-order valence-electron chi connectivity index (χ4n) is 2.81. The third-order valence-electron chi connectivity index (χ3n) is 4.25. The predicted molar refractivity (Wildman–Crippen MR) is 84.1 cm³/mol. The molecule has 2 amide bonds. The summed E-state index contributed by atoms with van der Waals surface area (Å²) in [5.41, 5.74) is 0.776. The smallest absolute Gasteiger partial charge is 0.315 e. The molecule has 1 atom stereocenters. The summed E-state index contributed by atoms with van der Waals surface area (Å²) in [5, 5.41) is 24.7. The molecule has 5 nitrogen and oxygen atoms in total. The number of nitriles is 1. The molecule has 2 rings (SSSR count). The van der Waals surface area contributed by atoms with Crippen LogP contribution in [0.5, 0.6) is 0 Å². The highest BCUT2D eigenvalue weighted by Gasteiger charge is 2.29. The third kappa shape index (κ3) is 4.47. The Kier molecular flexibility index (Phi) is 5.40. The Morgan fingerprint density at radius 1 is 1.32 bits per heavy atom. The summed E-state index contributed by atoms with van der Waals surface area (Å²) in [6, 6.07) is 8.75. The van der Waals surface area contributed by atoms with Crippen molar-refractivity contribution >= 4 is 6.03 Å². The van der Waals surface area contributed by atoms with Gasteiger partial charge < -0.3 is 15.7 Å². The number of hydrogen-bond donors (Lipinski definition) is 3. The first-order chi connectivity index (χ1) is 10.5. The van der Waals surface area contributed by atoms with Crippen LogP contribution < -0.4 is 10.6 Å². The molecule has 5 heteroatoms. The van der Waals surface area contributed by atoms with Crippen LogP contribution in [0.1, 0.15) is 56.2 Å². The topological polar surface area (TPSA) is 85.2 Å². The van der Waals surface area contributed by atoms with Crippen LogP contribution in [0.4, 0.5) is 4.79 Å². The number of amides is 2. The minimum atomic E-state index is -0.757. The molecule has 1 aliphatic carbocycles. The summed E-state index contributed by atoms with van der Waals surface area (Å²) < 4.78 is 0. The maximum Gasteiger partial charge on any atom is 0.315 e. The summed E-state index contributed by atoms with van der Waals surface area (Å²) in [6.07, 6.45) is 4.68. The lowest BCUT2D eigenvalue weighted by Crippen LogP contribution is -2.47. The van der Waals surface area contributed by atoms with Crippen LogP contribution in [0.2, 0.25) is 0 Å². The largest absolute Gasteiger partial charge is 0.388 e. The van der Waals surface area contributed by atoms with Gasteiger partial charge in [-0.1, -0.05) is 31.4 Å². The van der Waals surface area contributed by atoms with Crippen molar-refractivity contribution in [1.82, 2.24) is 10.6 Å². The van der Waals surface area contributed by atoms with Crippen LogP contribution in [-0.4, -0.2) is 23.3 Å². The number of nitrogens with one attached hydrogen (secondary N) is 2. The van der Waals surface area contributed by atoms with Crippen molar-refractivity contribution in [1.29, 1.82) is 5.26 Å². The second kappa shape index (κ2) is 7.28. The van der Waals surface area contributed by atoms with Crippen molar-refractivity contribution in [3.05, 3.63) is 35.4 Å². The summed E-state index contributed by atoms with van der Waals surface area (Å²) in [7, 11) is 0. The molecule has 1 aromatic carbocycles. The highest BCUT2D eigenvalue weighted by molar-refractivity contribution is 5.74. The number of nitrogens with zero attached hydrogens (tertiary/aromatic N) is 1. The standard InChI is InChI=1S/C17H23N3O2/c1-13(15-7-5-14(11-18)6-8-15)20-16(21)19-12-17(22)9-3-2-4-10-17/h5-8,13,22H,2-4,9-10,12H2,1H3,(H2,19,20,21). The van der Waals surface area contributed by atoms with Crippen molar-refractivity contribution < 1.29 is 9.90 Å².